The summed E-state index contributed by atoms with van der Waals surface area (Å²) in [5, 5.41) is 4.08. The van der Waals surface area contributed by atoms with Crippen molar-refractivity contribution in [2.24, 2.45) is 5.11 Å². The van der Waals surface area contributed by atoms with Gasteiger partial charge < -0.3 is 33.2 Å². The van der Waals surface area contributed by atoms with Gasteiger partial charge in [-0.05, 0) is 22.7 Å². The van der Waals surface area contributed by atoms with E-state index in [-0.39, 0.29) is 31.1 Å². The van der Waals surface area contributed by atoms with E-state index < -0.39 is 42.7 Å². The van der Waals surface area contributed by atoms with Crippen molar-refractivity contribution in [3.8, 4) is 17.2 Å². The average Bonchev–Trinajstić information content (AvgIpc) is 3.11. The minimum atomic E-state index is -1.01. The maximum Gasteiger partial charge on any atom is 0.339 e. The van der Waals surface area contributed by atoms with Gasteiger partial charge in [0.2, 0.25) is 5.75 Å². The van der Waals surface area contributed by atoms with E-state index in [2.05, 4.69) is 10.0 Å². The lowest BCUT2D eigenvalue weighted by atomic mass is 9.84. The number of fused-ring (bicyclic) bond motifs is 4. The number of nitrogens with zero attached hydrogens (tertiary/aromatic N) is 3. The summed E-state index contributed by atoms with van der Waals surface area (Å²) in [6.45, 7) is 0.560. The van der Waals surface area contributed by atoms with Gasteiger partial charge in [-0.3, -0.25) is 0 Å². The molecule has 2 fully saturated rings. The zero-order chi connectivity index (χ0) is 31.5. The summed E-state index contributed by atoms with van der Waals surface area (Å²) in [6, 6.07) is 29.4. The van der Waals surface area contributed by atoms with Crippen LogP contribution in [-0.2, 0) is 32.2 Å². The van der Waals surface area contributed by atoms with Crippen molar-refractivity contribution in [3.05, 3.63) is 135 Å². The van der Waals surface area contributed by atoms with E-state index >= 15 is 0 Å². The van der Waals surface area contributed by atoms with Gasteiger partial charge in [-0.2, -0.15) is 0 Å². The van der Waals surface area contributed by atoms with Crippen molar-refractivity contribution in [1.82, 2.24) is 0 Å². The smallest absolute Gasteiger partial charge is 0.339 e. The number of carbonyl (C=O) groups is 1. The first kappa shape index (κ1) is 29.6. The highest BCUT2D eigenvalue weighted by Crippen LogP contribution is 2.52. The Hall–Kier alpha value is -5.06. The summed E-state index contributed by atoms with van der Waals surface area (Å²) < 4.78 is 43.5. The number of carbonyl (C=O) groups excluding carboxylic acids is 1. The van der Waals surface area contributed by atoms with Gasteiger partial charge >= 0.3 is 5.97 Å². The average molecular weight is 622 g/mol. The Labute approximate surface area is 265 Å². The quantitative estimate of drug-likeness (QED) is 0.0882. The van der Waals surface area contributed by atoms with Crippen LogP contribution in [0.25, 0.3) is 10.4 Å². The second kappa shape index (κ2) is 13.1. The number of hydrogen-bond acceptors (Lipinski definition) is 9. The molecule has 0 spiro atoms. The molecule has 0 aromatic heterocycles. The third kappa shape index (κ3) is 5.73. The number of hydrogen-bond donors (Lipinski definition) is 0. The molecule has 3 heterocycles. The summed E-state index contributed by atoms with van der Waals surface area (Å²) in [5.41, 5.74) is 12.9. The van der Waals surface area contributed by atoms with Crippen LogP contribution in [0.15, 0.2) is 102 Å². The molecule has 0 aliphatic carbocycles. The van der Waals surface area contributed by atoms with E-state index in [0.29, 0.717) is 17.1 Å². The van der Waals surface area contributed by atoms with Gasteiger partial charge in [0.25, 0.3) is 0 Å². The fourth-order valence-corrected chi connectivity index (χ4v) is 6.11. The zero-order valence-electron chi connectivity index (χ0n) is 24.9. The molecule has 11 nitrogen and oxygen atoms in total. The predicted molar refractivity (Wildman–Crippen MR) is 164 cm³/mol. The first-order valence-corrected chi connectivity index (χ1v) is 15.0. The Morgan fingerprint density at radius 2 is 1.50 bits per heavy atom. The molecule has 4 aromatic rings. The molecule has 2 saturated heterocycles. The van der Waals surface area contributed by atoms with Crippen LogP contribution in [0.1, 0.15) is 45.0 Å². The highest BCUT2D eigenvalue weighted by molar-refractivity contribution is 5.95. The molecule has 0 N–H and O–H groups in total. The van der Waals surface area contributed by atoms with Crippen LogP contribution < -0.4 is 14.2 Å². The second-order valence-corrected chi connectivity index (χ2v) is 11.1. The zero-order valence-corrected chi connectivity index (χ0v) is 24.9. The van der Waals surface area contributed by atoms with Crippen molar-refractivity contribution in [2.45, 2.75) is 50.0 Å². The number of azide groups is 1. The lowest BCUT2D eigenvalue weighted by molar-refractivity contribution is -0.309. The Morgan fingerprint density at radius 1 is 0.848 bits per heavy atom. The van der Waals surface area contributed by atoms with Crippen LogP contribution in [0.4, 0.5) is 0 Å². The van der Waals surface area contributed by atoms with Crippen LogP contribution in [0.5, 0.6) is 17.2 Å². The standard InChI is InChI=1S/C35H31N3O8/c1-40-30-25(41-18-21-11-5-2-6-12-21)17-24-27(31(30)42-19-22-13-7-3-8-14-22)32-33(45-34(24)39)28(37-38-36)29-26(44-32)20-43-35(46-29)23-15-9-4-10-16-23/h2-17,26,28-29,32-33,35H,18-20H2,1H3/t26-,28+,29-,32+,33-,35-/m1/s1. The van der Waals surface area contributed by atoms with Gasteiger partial charge in [0, 0.05) is 16.0 Å². The molecular formula is C35H31N3O8. The monoisotopic (exact) mass is 621 g/mol. The predicted octanol–water partition coefficient (Wildman–Crippen LogP) is 6.63. The van der Waals surface area contributed by atoms with Crippen LogP contribution in [0, 0.1) is 0 Å². The fourth-order valence-electron chi connectivity index (χ4n) is 6.11. The van der Waals surface area contributed by atoms with Crippen molar-refractivity contribution >= 4 is 5.97 Å². The van der Waals surface area contributed by atoms with E-state index in [0.717, 1.165) is 16.7 Å². The Morgan fingerprint density at radius 3 is 2.15 bits per heavy atom. The summed E-state index contributed by atoms with van der Waals surface area (Å²) in [6.07, 6.45) is -3.98. The molecule has 0 bridgehead atoms. The van der Waals surface area contributed by atoms with E-state index in [1.807, 2.05) is 91.0 Å². The topological polar surface area (TPSA) is 130 Å². The number of esters is 1. The molecule has 234 valence electrons. The fraction of sp³-hybridized carbons (Fsp3) is 0.286. The Balaban J connectivity index is 1.28. The first-order chi connectivity index (χ1) is 22.6. The molecule has 0 unspecified atom stereocenters. The molecule has 6 atom stereocenters. The summed E-state index contributed by atoms with van der Waals surface area (Å²) >= 11 is 0. The summed E-state index contributed by atoms with van der Waals surface area (Å²) in [7, 11) is 1.51. The number of benzene rings is 4. The molecule has 3 aliphatic rings. The highest BCUT2D eigenvalue weighted by Gasteiger charge is 2.55. The van der Waals surface area contributed by atoms with Crippen LogP contribution in [-0.4, -0.2) is 44.0 Å². The van der Waals surface area contributed by atoms with Crippen molar-refractivity contribution < 1.29 is 38.0 Å². The van der Waals surface area contributed by atoms with Crippen molar-refractivity contribution in [2.75, 3.05) is 13.7 Å². The minimum absolute atomic E-state index is 0.157. The summed E-state index contributed by atoms with van der Waals surface area (Å²) in [5.74, 6) is 0.237. The second-order valence-electron chi connectivity index (χ2n) is 11.1. The molecule has 11 heteroatoms. The molecule has 0 saturated carbocycles. The van der Waals surface area contributed by atoms with Crippen molar-refractivity contribution in [1.29, 1.82) is 0 Å². The maximum atomic E-state index is 13.8. The van der Waals surface area contributed by atoms with Crippen LogP contribution in [0.2, 0.25) is 0 Å². The van der Waals surface area contributed by atoms with Gasteiger partial charge in [0.05, 0.1) is 19.3 Å². The van der Waals surface area contributed by atoms with Gasteiger partial charge in [-0.15, -0.1) is 0 Å². The minimum Gasteiger partial charge on any atom is -0.490 e. The van der Waals surface area contributed by atoms with Crippen molar-refractivity contribution in [3.63, 3.8) is 0 Å². The third-order valence-electron chi connectivity index (χ3n) is 8.26. The molecule has 7 rings (SSSR count). The van der Waals surface area contributed by atoms with Gasteiger partial charge in [0.15, 0.2) is 17.8 Å². The van der Waals surface area contributed by atoms with Gasteiger partial charge in [0.1, 0.15) is 43.7 Å². The largest absolute Gasteiger partial charge is 0.490 e. The SMILES string of the molecule is COc1c(OCc2ccccc2)cc2c(c1OCc1ccccc1)[C@@H]1O[C@@H]3CO[C@@H](c4ccccc4)O[C@H]3[C@H](N=[N+]=[N-])[C@H]1OC2=O. The summed E-state index contributed by atoms with van der Waals surface area (Å²) in [4.78, 5) is 16.9. The number of ether oxygens (including phenoxy) is 7. The number of methoxy groups -OCH3 is 1. The van der Waals surface area contributed by atoms with Gasteiger partial charge in [-0.25, -0.2) is 4.79 Å². The highest BCUT2D eigenvalue weighted by atomic mass is 16.7. The molecular weight excluding hydrogens is 590 g/mol. The number of rotatable bonds is 9. The Kier molecular flexibility index (Phi) is 8.45. The first-order valence-electron chi connectivity index (χ1n) is 15.0. The van der Waals surface area contributed by atoms with Crippen LogP contribution in [0.3, 0.4) is 0 Å². The van der Waals surface area contributed by atoms with E-state index in [1.54, 1.807) is 6.07 Å². The lowest BCUT2D eigenvalue weighted by Gasteiger charge is -2.49. The molecule has 0 radical (unpaired) electrons. The van der Waals surface area contributed by atoms with Gasteiger partial charge in [-0.1, -0.05) is 96.1 Å². The maximum absolute atomic E-state index is 13.8. The molecule has 3 aliphatic heterocycles. The molecule has 46 heavy (non-hydrogen) atoms. The van der Waals surface area contributed by atoms with Crippen LogP contribution >= 0.6 is 0 Å². The normalized spacial score (nSPS) is 24.7. The molecule has 4 aromatic carbocycles. The third-order valence-corrected chi connectivity index (χ3v) is 8.26. The lowest BCUT2D eigenvalue weighted by Crippen LogP contribution is -2.60. The molecule has 0 amide bonds. The van der Waals surface area contributed by atoms with E-state index in [9.17, 15) is 10.3 Å². The Bertz CT molecular complexity index is 1730. The van der Waals surface area contributed by atoms with E-state index in [1.165, 1.54) is 7.11 Å². The van der Waals surface area contributed by atoms with E-state index in [4.69, 9.17) is 33.2 Å².